The Morgan fingerprint density at radius 1 is 1.36 bits per heavy atom. The molecule has 1 heterocycles. The lowest BCUT2D eigenvalue weighted by Crippen LogP contribution is -2.33. The van der Waals surface area contributed by atoms with Crippen molar-refractivity contribution in [1.82, 2.24) is 0 Å². The summed E-state index contributed by atoms with van der Waals surface area (Å²) >= 11 is 0. The molecule has 0 bridgehead atoms. The number of fused-ring (bicyclic) bond motifs is 1. The van der Waals surface area contributed by atoms with E-state index >= 15 is 0 Å². The second-order valence-corrected chi connectivity index (χ2v) is 4.62. The normalized spacial score (nSPS) is 18.5. The molecule has 1 aliphatic rings. The third-order valence-corrected chi connectivity index (χ3v) is 2.93. The molecule has 1 nitrogen and oxygen atoms in total. The van der Waals surface area contributed by atoms with E-state index in [-0.39, 0.29) is 5.60 Å². The fourth-order valence-corrected chi connectivity index (χ4v) is 2.01. The molecule has 0 radical (unpaired) electrons. The summed E-state index contributed by atoms with van der Waals surface area (Å²) in [6.45, 7) is 6.52. The van der Waals surface area contributed by atoms with Crippen LogP contribution in [-0.2, 0) is 12.8 Å². The predicted octanol–water partition coefficient (Wildman–Crippen LogP) is 3.35. The fourth-order valence-electron chi connectivity index (χ4n) is 2.01. The highest BCUT2D eigenvalue weighted by Gasteiger charge is 2.27. The minimum Gasteiger partial charge on any atom is -0.487 e. The molecule has 1 aliphatic heterocycles. The number of aryl methyl sites for hydroxylation is 2. The first-order valence-electron chi connectivity index (χ1n) is 5.42. The zero-order chi connectivity index (χ0) is 10.2. The van der Waals surface area contributed by atoms with Crippen LogP contribution in [-0.4, -0.2) is 5.60 Å². The SMILES string of the molecule is CCc1cccc2c1OC(C)(C)CC2. The van der Waals surface area contributed by atoms with Gasteiger partial charge in [0, 0.05) is 0 Å². The molecule has 0 spiro atoms. The highest BCUT2D eigenvalue weighted by molar-refractivity contribution is 5.43. The van der Waals surface area contributed by atoms with Crippen molar-refractivity contribution >= 4 is 0 Å². The first-order valence-corrected chi connectivity index (χ1v) is 5.42. The first kappa shape index (κ1) is 9.57. The molecule has 0 atom stereocenters. The van der Waals surface area contributed by atoms with E-state index in [1.807, 2.05) is 0 Å². The summed E-state index contributed by atoms with van der Waals surface area (Å²) in [6.07, 6.45) is 3.32. The topological polar surface area (TPSA) is 9.23 Å². The maximum absolute atomic E-state index is 6.04. The van der Waals surface area contributed by atoms with Crippen molar-refractivity contribution in [2.24, 2.45) is 0 Å². The fraction of sp³-hybridized carbons (Fsp3) is 0.538. The van der Waals surface area contributed by atoms with Crippen molar-refractivity contribution in [3.05, 3.63) is 29.3 Å². The molecule has 0 unspecified atom stereocenters. The second kappa shape index (κ2) is 3.30. The van der Waals surface area contributed by atoms with E-state index in [1.165, 1.54) is 11.1 Å². The van der Waals surface area contributed by atoms with Gasteiger partial charge in [-0.2, -0.15) is 0 Å². The first-order chi connectivity index (χ1) is 6.62. The summed E-state index contributed by atoms with van der Waals surface area (Å²) in [7, 11) is 0. The molecule has 0 aromatic heterocycles. The van der Waals surface area contributed by atoms with Crippen LogP contribution in [0.25, 0.3) is 0 Å². The quantitative estimate of drug-likeness (QED) is 0.660. The number of rotatable bonds is 1. The maximum atomic E-state index is 6.04. The highest BCUT2D eigenvalue weighted by atomic mass is 16.5. The van der Waals surface area contributed by atoms with E-state index in [1.54, 1.807) is 0 Å². The molecular weight excluding hydrogens is 172 g/mol. The van der Waals surface area contributed by atoms with E-state index in [9.17, 15) is 0 Å². The summed E-state index contributed by atoms with van der Waals surface area (Å²) in [4.78, 5) is 0. The number of para-hydroxylation sites is 1. The average Bonchev–Trinajstić information content (AvgIpc) is 2.15. The van der Waals surface area contributed by atoms with Gasteiger partial charge in [0.15, 0.2) is 0 Å². The van der Waals surface area contributed by atoms with Gasteiger partial charge in [0.05, 0.1) is 0 Å². The third-order valence-electron chi connectivity index (χ3n) is 2.93. The molecule has 2 rings (SSSR count). The summed E-state index contributed by atoms with van der Waals surface area (Å²) < 4.78 is 6.04. The number of hydrogen-bond donors (Lipinski definition) is 0. The van der Waals surface area contributed by atoms with E-state index in [2.05, 4.69) is 39.0 Å². The van der Waals surface area contributed by atoms with Crippen molar-refractivity contribution in [3.8, 4) is 5.75 Å². The highest BCUT2D eigenvalue weighted by Crippen LogP contribution is 2.35. The van der Waals surface area contributed by atoms with Gasteiger partial charge < -0.3 is 4.74 Å². The van der Waals surface area contributed by atoms with Gasteiger partial charge in [0.2, 0.25) is 0 Å². The van der Waals surface area contributed by atoms with Gasteiger partial charge in [0.25, 0.3) is 0 Å². The van der Waals surface area contributed by atoms with Crippen molar-refractivity contribution in [2.75, 3.05) is 0 Å². The van der Waals surface area contributed by atoms with Crippen LogP contribution in [0.1, 0.15) is 38.3 Å². The van der Waals surface area contributed by atoms with Crippen LogP contribution in [0.15, 0.2) is 18.2 Å². The average molecular weight is 190 g/mol. The van der Waals surface area contributed by atoms with Gasteiger partial charge >= 0.3 is 0 Å². The molecule has 1 heteroatoms. The van der Waals surface area contributed by atoms with Crippen molar-refractivity contribution in [3.63, 3.8) is 0 Å². The van der Waals surface area contributed by atoms with E-state index in [0.29, 0.717) is 0 Å². The minimum absolute atomic E-state index is 0.0122. The second-order valence-electron chi connectivity index (χ2n) is 4.62. The lowest BCUT2D eigenvalue weighted by Gasteiger charge is -2.33. The minimum atomic E-state index is 0.0122. The predicted molar refractivity (Wildman–Crippen MR) is 58.8 cm³/mol. The molecule has 1 aromatic rings. The lowest BCUT2D eigenvalue weighted by atomic mass is 9.92. The van der Waals surface area contributed by atoms with Crippen LogP contribution < -0.4 is 4.74 Å². The van der Waals surface area contributed by atoms with Crippen LogP contribution in [0.4, 0.5) is 0 Å². The van der Waals surface area contributed by atoms with Gasteiger partial charge in [-0.15, -0.1) is 0 Å². The van der Waals surface area contributed by atoms with Crippen LogP contribution in [0.2, 0.25) is 0 Å². The van der Waals surface area contributed by atoms with E-state index < -0.39 is 0 Å². The molecule has 76 valence electrons. The zero-order valence-corrected chi connectivity index (χ0v) is 9.26. The summed E-state index contributed by atoms with van der Waals surface area (Å²) in [5.74, 6) is 1.14. The van der Waals surface area contributed by atoms with Gasteiger partial charge in [0.1, 0.15) is 11.4 Å². The maximum Gasteiger partial charge on any atom is 0.126 e. The van der Waals surface area contributed by atoms with Crippen LogP contribution in [0, 0.1) is 0 Å². The van der Waals surface area contributed by atoms with Crippen LogP contribution in [0.5, 0.6) is 5.75 Å². The number of ether oxygens (including phenoxy) is 1. The number of hydrogen-bond acceptors (Lipinski definition) is 1. The smallest absolute Gasteiger partial charge is 0.126 e. The molecule has 14 heavy (non-hydrogen) atoms. The van der Waals surface area contributed by atoms with Gasteiger partial charge in [-0.05, 0) is 44.2 Å². The number of benzene rings is 1. The zero-order valence-electron chi connectivity index (χ0n) is 9.26. The lowest BCUT2D eigenvalue weighted by molar-refractivity contribution is 0.0834. The molecule has 0 fully saturated rings. The Labute approximate surface area is 86.1 Å². The van der Waals surface area contributed by atoms with Gasteiger partial charge in [-0.3, -0.25) is 0 Å². The van der Waals surface area contributed by atoms with Gasteiger partial charge in [-0.25, -0.2) is 0 Å². The summed E-state index contributed by atoms with van der Waals surface area (Å²) in [5.41, 5.74) is 2.73. The molecule has 0 saturated heterocycles. The Balaban J connectivity index is 2.43. The summed E-state index contributed by atoms with van der Waals surface area (Å²) in [6, 6.07) is 6.49. The largest absolute Gasteiger partial charge is 0.487 e. The standard InChI is InChI=1S/C13H18O/c1-4-10-6-5-7-11-8-9-13(2,3)14-12(10)11/h5-7H,4,8-9H2,1-3H3. The Morgan fingerprint density at radius 3 is 2.86 bits per heavy atom. The monoisotopic (exact) mass is 190 g/mol. The summed E-state index contributed by atoms with van der Waals surface area (Å²) in [5, 5.41) is 0. The third kappa shape index (κ3) is 1.63. The molecule has 0 aliphatic carbocycles. The van der Waals surface area contributed by atoms with Crippen molar-refractivity contribution in [1.29, 1.82) is 0 Å². The molecule has 0 saturated carbocycles. The Bertz CT molecular complexity index is 325. The van der Waals surface area contributed by atoms with Crippen LogP contribution >= 0.6 is 0 Å². The van der Waals surface area contributed by atoms with Crippen molar-refractivity contribution < 1.29 is 4.74 Å². The molecule has 0 N–H and O–H groups in total. The molecule has 0 amide bonds. The van der Waals surface area contributed by atoms with Gasteiger partial charge in [-0.1, -0.05) is 25.1 Å². The van der Waals surface area contributed by atoms with Crippen LogP contribution in [0.3, 0.4) is 0 Å². The van der Waals surface area contributed by atoms with E-state index in [4.69, 9.17) is 4.74 Å². The molecule has 1 aromatic carbocycles. The van der Waals surface area contributed by atoms with Crippen molar-refractivity contribution in [2.45, 2.75) is 45.6 Å². The molecular formula is C13H18O. The van der Waals surface area contributed by atoms with E-state index in [0.717, 1.165) is 25.0 Å². The Morgan fingerprint density at radius 2 is 2.14 bits per heavy atom. The Hall–Kier alpha value is -0.980. The Kier molecular flexibility index (Phi) is 2.26.